The molecular weight excluding hydrogens is 448 g/mol. The van der Waals surface area contributed by atoms with Gasteiger partial charge in [0, 0.05) is 6.54 Å². The molecule has 0 saturated carbocycles. The molecule has 1 N–H and O–H groups in total. The van der Waals surface area contributed by atoms with Crippen molar-refractivity contribution in [2.45, 2.75) is 76.7 Å². The first kappa shape index (κ1) is 26.1. The van der Waals surface area contributed by atoms with Gasteiger partial charge in [0.1, 0.15) is 5.75 Å². The molecule has 2 aromatic carbocycles. The van der Waals surface area contributed by atoms with Crippen molar-refractivity contribution in [3.63, 3.8) is 0 Å². The summed E-state index contributed by atoms with van der Waals surface area (Å²) in [6, 6.07) is 13.9. The number of sulfonamides is 1. The van der Waals surface area contributed by atoms with Gasteiger partial charge in [-0.25, -0.2) is 8.42 Å². The van der Waals surface area contributed by atoms with Gasteiger partial charge in [-0.3, -0.25) is 9.10 Å². The first-order chi connectivity index (χ1) is 16.1. The summed E-state index contributed by atoms with van der Waals surface area (Å²) < 4.78 is 34.7. The second-order valence-corrected chi connectivity index (χ2v) is 11.9. The van der Waals surface area contributed by atoms with E-state index in [2.05, 4.69) is 39.9 Å². The molecular formula is C27H38N2O4S. The highest BCUT2D eigenvalue weighted by Gasteiger charge is 2.38. The van der Waals surface area contributed by atoms with Crippen LogP contribution >= 0.6 is 0 Å². The van der Waals surface area contributed by atoms with E-state index in [-0.39, 0.29) is 22.8 Å². The van der Waals surface area contributed by atoms with Crippen molar-refractivity contribution in [2.24, 2.45) is 5.92 Å². The van der Waals surface area contributed by atoms with Crippen molar-refractivity contribution in [2.75, 3.05) is 17.4 Å². The van der Waals surface area contributed by atoms with Crippen LogP contribution in [0.3, 0.4) is 0 Å². The third-order valence-electron chi connectivity index (χ3n) is 6.43. The summed E-state index contributed by atoms with van der Waals surface area (Å²) in [5.41, 5.74) is 1.29. The zero-order valence-electron chi connectivity index (χ0n) is 21.0. The third-order valence-corrected chi connectivity index (χ3v) is 8.22. The Balaban J connectivity index is 1.92. The number of carbonyl (C=O) groups is 1. The molecule has 7 heteroatoms. The standard InChI is InChI=1S/C27H38N2O4S/c1-6-8-12-20(7-2)18-28-26(30)25-19-29(34(31,32)22-13-10-9-11-14-22)23-17-21(27(3,4)5)15-16-24(23)33-25/h9-11,13-17,20,25H,6-8,12,18-19H2,1-5H3,(H,28,30)/t20-,25+/m0/s1. The molecule has 2 atom stereocenters. The molecule has 0 spiro atoms. The largest absolute Gasteiger partial charge is 0.476 e. The molecule has 1 aliphatic heterocycles. The number of carbonyl (C=O) groups excluding carboxylic acids is 1. The van der Waals surface area contributed by atoms with Crippen LogP contribution in [-0.2, 0) is 20.2 Å². The number of unbranched alkanes of at least 4 members (excludes halogenated alkanes) is 1. The first-order valence-corrected chi connectivity index (χ1v) is 13.7. The SMILES string of the molecule is CCCC[C@H](CC)CNC(=O)[C@H]1CN(S(=O)(=O)c2ccccc2)c2cc(C(C)(C)C)ccc2O1. The van der Waals surface area contributed by atoms with E-state index in [1.165, 1.54) is 4.31 Å². The maximum Gasteiger partial charge on any atom is 0.264 e. The lowest BCUT2D eigenvalue weighted by atomic mass is 9.86. The Kier molecular flexibility index (Phi) is 8.29. The van der Waals surface area contributed by atoms with Crippen LogP contribution in [0.1, 0.15) is 65.9 Å². The zero-order chi connectivity index (χ0) is 24.9. The van der Waals surface area contributed by atoms with Crippen molar-refractivity contribution >= 4 is 21.6 Å². The fourth-order valence-corrected chi connectivity index (χ4v) is 5.59. The summed E-state index contributed by atoms with van der Waals surface area (Å²) in [6.45, 7) is 11.0. The number of anilines is 1. The zero-order valence-corrected chi connectivity index (χ0v) is 21.8. The summed E-state index contributed by atoms with van der Waals surface area (Å²) >= 11 is 0. The Labute approximate surface area is 204 Å². The van der Waals surface area contributed by atoms with Crippen molar-refractivity contribution in [1.29, 1.82) is 0 Å². The van der Waals surface area contributed by atoms with E-state index in [9.17, 15) is 13.2 Å². The van der Waals surface area contributed by atoms with Gasteiger partial charge in [0.15, 0.2) is 6.10 Å². The Morgan fingerprint density at radius 1 is 1.15 bits per heavy atom. The van der Waals surface area contributed by atoms with Gasteiger partial charge in [-0.2, -0.15) is 0 Å². The minimum absolute atomic E-state index is 0.0740. The highest BCUT2D eigenvalue weighted by atomic mass is 32.2. The number of nitrogens with zero attached hydrogens (tertiary/aromatic N) is 1. The van der Waals surface area contributed by atoms with Crippen LogP contribution in [0.5, 0.6) is 5.75 Å². The molecule has 6 nitrogen and oxygen atoms in total. The Hall–Kier alpha value is -2.54. The molecule has 0 aliphatic carbocycles. The fraction of sp³-hybridized carbons (Fsp3) is 0.519. The highest BCUT2D eigenvalue weighted by molar-refractivity contribution is 7.92. The van der Waals surface area contributed by atoms with Crippen LogP contribution in [0.4, 0.5) is 5.69 Å². The van der Waals surface area contributed by atoms with E-state index in [4.69, 9.17) is 4.74 Å². The van der Waals surface area contributed by atoms with Gasteiger partial charge in [-0.1, -0.05) is 78.1 Å². The van der Waals surface area contributed by atoms with Crippen molar-refractivity contribution < 1.29 is 17.9 Å². The summed E-state index contributed by atoms with van der Waals surface area (Å²) in [4.78, 5) is 13.3. The molecule has 0 fully saturated rings. The molecule has 3 rings (SSSR count). The number of benzene rings is 2. The van der Waals surface area contributed by atoms with Crippen molar-refractivity contribution in [3.05, 3.63) is 54.1 Å². The molecule has 186 valence electrons. The average Bonchev–Trinajstić information content (AvgIpc) is 2.82. The van der Waals surface area contributed by atoms with Gasteiger partial charge in [0.2, 0.25) is 0 Å². The van der Waals surface area contributed by atoms with E-state index in [0.717, 1.165) is 31.2 Å². The highest BCUT2D eigenvalue weighted by Crippen LogP contribution is 2.40. The monoisotopic (exact) mass is 486 g/mol. The molecule has 0 radical (unpaired) electrons. The van der Waals surface area contributed by atoms with Gasteiger partial charge < -0.3 is 10.1 Å². The lowest BCUT2D eigenvalue weighted by Crippen LogP contribution is -2.51. The second-order valence-electron chi connectivity index (χ2n) is 10.0. The summed E-state index contributed by atoms with van der Waals surface area (Å²) in [5.74, 6) is 0.518. The molecule has 0 aromatic heterocycles. The van der Waals surface area contributed by atoms with E-state index < -0.39 is 16.1 Å². The maximum absolute atomic E-state index is 13.6. The quantitative estimate of drug-likeness (QED) is 0.524. The molecule has 1 heterocycles. The first-order valence-electron chi connectivity index (χ1n) is 12.2. The average molecular weight is 487 g/mol. The minimum Gasteiger partial charge on any atom is -0.476 e. The Morgan fingerprint density at radius 3 is 2.47 bits per heavy atom. The van der Waals surface area contributed by atoms with E-state index >= 15 is 0 Å². The summed E-state index contributed by atoms with van der Waals surface area (Å²) in [5, 5.41) is 3.01. The molecule has 0 saturated heterocycles. The van der Waals surface area contributed by atoms with E-state index in [0.29, 0.717) is 23.9 Å². The molecule has 2 aromatic rings. The maximum atomic E-state index is 13.6. The summed E-state index contributed by atoms with van der Waals surface area (Å²) in [7, 11) is -3.88. The van der Waals surface area contributed by atoms with Crippen LogP contribution in [-0.4, -0.2) is 33.5 Å². The predicted molar refractivity (Wildman–Crippen MR) is 137 cm³/mol. The molecule has 1 aliphatic rings. The number of hydrogen-bond donors (Lipinski definition) is 1. The minimum atomic E-state index is -3.88. The van der Waals surface area contributed by atoms with Gasteiger partial charge in [0.05, 0.1) is 17.1 Å². The van der Waals surface area contributed by atoms with Gasteiger partial charge in [0.25, 0.3) is 15.9 Å². The van der Waals surface area contributed by atoms with Crippen LogP contribution < -0.4 is 14.4 Å². The molecule has 1 amide bonds. The summed E-state index contributed by atoms with van der Waals surface area (Å²) in [6.07, 6.45) is 3.37. The number of amides is 1. The fourth-order valence-electron chi connectivity index (χ4n) is 4.10. The number of rotatable bonds is 9. The van der Waals surface area contributed by atoms with E-state index in [1.807, 2.05) is 12.1 Å². The van der Waals surface area contributed by atoms with Gasteiger partial charge in [-0.15, -0.1) is 0 Å². The second kappa shape index (κ2) is 10.8. The number of hydrogen-bond acceptors (Lipinski definition) is 4. The third kappa shape index (κ3) is 5.93. The van der Waals surface area contributed by atoms with Crippen molar-refractivity contribution in [3.8, 4) is 5.75 Å². The lowest BCUT2D eigenvalue weighted by Gasteiger charge is -2.36. The molecule has 0 bridgehead atoms. The number of ether oxygens (including phenoxy) is 1. The predicted octanol–water partition coefficient (Wildman–Crippen LogP) is 5.27. The van der Waals surface area contributed by atoms with Crippen LogP contribution in [0, 0.1) is 5.92 Å². The van der Waals surface area contributed by atoms with Gasteiger partial charge >= 0.3 is 0 Å². The van der Waals surface area contributed by atoms with Gasteiger partial charge in [-0.05, 0) is 47.6 Å². The molecule has 0 unspecified atom stereocenters. The Bertz CT molecular complexity index is 1080. The topological polar surface area (TPSA) is 75.7 Å². The smallest absolute Gasteiger partial charge is 0.264 e. The normalized spacial score (nSPS) is 17.0. The lowest BCUT2D eigenvalue weighted by molar-refractivity contribution is -0.127. The number of fused-ring (bicyclic) bond motifs is 1. The van der Waals surface area contributed by atoms with Crippen LogP contribution in [0.15, 0.2) is 53.4 Å². The Morgan fingerprint density at radius 2 is 1.85 bits per heavy atom. The molecule has 34 heavy (non-hydrogen) atoms. The van der Waals surface area contributed by atoms with Crippen LogP contribution in [0.2, 0.25) is 0 Å². The number of nitrogens with one attached hydrogen (secondary N) is 1. The van der Waals surface area contributed by atoms with E-state index in [1.54, 1.807) is 36.4 Å². The van der Waals surface area contributed by atoms with Crippen molar-refractivity contribution in [1.82, 2.24) is 5.32 Å². The van der Waals surface area contributed by atoms with Crippen LogP contribution in [0.25, 0.3) is 0 Å².